The topological polar surface area (TPSA) is 261 Å². The lowest BCUT2D eigenvalue weighted by atomic mass is 9.86. The van der Waals surface area contributed by atoms with Crippen LogP contribution in [0.4, 0.5) is 0 Å². The Morgan fingerprint density at radius 1 is 0.574 bits per heavy atom. The number of Topliss-reactive ketones (excluding diaryl/α,β-unsaturated/α-hetero) is 2. The molecule has 13 heteroatoms. The lowest BCUT2D eigenvalue weighted by Gasteiger charge is -2.24. The van der Waals surface area contributed by atoms with Crippen molar-refractivity contribution in [1.82, 2.24) is 5.32 Å². The fourth-order valence-corrected chi connectivity index (χ4v) is 7.14. The van der Waals surface area contributed by atoms with E-state index in [9.17, 15) is 19.2 Å². The van der Waals surface area contributed by atoms with E-state index in [-0.39, 0.29) is 80.5 Å². The fourth-order valence-electron chi connectivity index (χ4n) is 7.14. The lowest BCUT2D eigenvalue weighted by molar-refractivity contribution is -0.134. The second kappa shape index (κ2) is 22.9. The first-order valence-electron chi connectivity index (χ1n) is 20.9. The molecule has 13 nitrogen and oxygen atoms in total. The first-order chi connectivity index (χ1) is 29.0. The molecule has 0 fully saturated rings. The highest BCUT2D eigenvalue weighted by Gasteiger charge is 2.31. The van der Waals surface area contributed by atoms with Crippen LogP contribution in [0.5, 0.6) is 0 Å². The molecule has 0 radical (unpaired) electrons. The molecule has 0 aliphatic heterocycles. The number of benzene rings is 4. The van der Waals surface area contributed by atoms with E-state index in [1.165, 1.54) is 5.56 Å². The van der Waals surface area contributed by atoms with E-state index >= 15 is 0 Å². The van der Waals surface area contributed by atoms with Crippen LogP contribution in [-0.2, 0) is 37.4 Å². The number of ketones is 2. The van der Waals surface area contributed by atoms with Crippen LogP contribution in [0, 0.1) is 11.8 Å². The molecule has 61 heavy (non-hydrogen) atoms. The minimum atomic E-state index is -1.03. The van der Waals surface area contributed by atoms with Gasteiger partial charge in [0, 0.05) is 37.8 Å². The first kappa shape index (κ1) is 47.3. The molecule has 4 rings (SSSR count). The van der Waals surface area contributed by atoms with Crippen molar-refractivity contribution in [3.8, 4) is 22.3 Å². The molecule has 0 aromatic heterocycles. The molecule has 0 heterocycles. The van der Waals surface area contributed by atoms with Crippen LogP contribution in [0.15, 0.2) is 113 Å². The van der Waals surface area contributed by atoms with Crippen molar-refractivity contribution in [2.24, 2.45) is 56.2 Å². The summed E-state index contributed by atoms with van der Waals surface area (Å²) in [5, 5.41) is 2.95. The van der Waals surface area contributed by atoms with Crippen molar-refractivity contribution in [3.63, 3.8) is 0 Å². The maximum Gasteiger partial charge on any atom is 0.224 e. The molecule has 324 valence electrons. The smallest absolute Gasteiger partial charge is 0.224 e. The van der Waals surface area contributed by atoms with E-state index in [1.54, 1.807) is 0 Å². The van der Waals surface area contributed by atoms with Gasteiger partial charge in [-0.2, -0.15) is 0 Å². The third-order valence-corrected chi connectivity index (χ3v) is 10.8. The van der Waals surface area contributed by atoms with E-state index in [0.717, 1.165) is 33.4 Å². The normalized spacial score (nSPS) is 13.2. The minimum Gasteiger partial charge on any atom is -0.370 e. The van der Waals surface area contributed by atoms with Gasteiger partial charge in [0.05, 0.1) is 12.1 Å². The SMILES string of the molecule is CC(C)(C)c1ccc(-c2ccc(C[C@H](NC(=O)[C@H](CCCN=C(N)N)CC(=O)[C@@H](N)Cc3ccc(-c4ccccc4)cc3)C(=O)C[C@@H](CCCN=C(N)N)C(N)=O)cc2)cc1. The van der Waals surface area contributed by atoms with Gasteiger partial charge in [-0.1, -0.05) is 124 Å². The molecule has 2 amide bonds. The number of nitrogens with two attached hydrogens (primary N) is 6. The molecule has 0 saturated carbocycles. The maximum atomic E-state index is 14.2. The molecule has 0 saturated heterocycles. The van der Waals surface area contributed by atoms with E-state index in [1.807, 2.05) is 78.9 Å². The molecule has 0 bridgehead atoms. The Morgan fingerprint density at radius 3 is 1.49 bits per heavy atom. The predicted octanol–water partition coefficient (Wildman–Crippen LogP) is 4.66. The lowest BCUT2D eigenvalue weighted by Crippen LogP contribution is -2.47. The van der Waals surface area contributed by atoms with E-state index in [4.69, 9.17) is 34.4 Å². The van der Waals surface area contributed by atoms with Crippen molar-refractivity contribution in [1.29, 1.82) is 0 Å². The van der Waals surface area contributed by atoms with Gasteiger partial charge < -0.3 is 39.7 Å². The quantitative estimate of drug-likeness (QED) is 0.0311. The second-order valence-corrected chi connectivity index (χ2v) is 16.7. The molecule has 0 aliphatic rings. The van der Waals surface area contributed by atoms with Crippen molar-refractivity contribution < 1.29 is 19.2 Å². The average molecular weight is 830 g/mol. The second-order valence-electron chi connectivity index (χ2n) is 16.7. The fraction of sp³-hybridized carbons (Fsp3) is 0.375. The zero-order valence-electron chi connectivity index (χ0n) is 35.7. The van der Waals surface area contributed by atoms with Gasteiger partial charge in [0.2, 0.25) is 11.8 Å². The highest BCUT2D eigenvalue weighted by atomic mass is 16.2. The average Bonchev–Trinajstić information content (AvgIpc) is 3.22. The Kier molecular flexibility index (Phi) is 17.7. The van der Waals surface area contributed by atoms with Gasteiger partial charge in [0.25, 0.3) is 0 Å². The van der Waals surface area contributed by atoms with Gasteiger partial charge in [-0.05, 0) is 82.9 Å². The molecule has 13 N–H and O–H groups in total. The number of nitrogens with zero attached hydrogens (tertiary/aromatic N) is 2. The zero-order valence-corrected chi connectivity index (χ0v) is 35.7. The first-order valence-corrected chi connectivity index (χ1v) is 20.9. The van der Waals surface area contributed by atoms with Crippen LogP contribution >= 0.6 is 0 Å². The van der Waals surface area contributed by atoms with Gasteiger partial charge in [-0.25, -0.2) is 0 Å². The summed E-state index contributed by atoms with van der Waals surface area (Å²) in [5.41, 5.74) is 41.3. The Balaban J connectivity index is 1.54. The minimum absolute atomic E-state index is 0.0227. The summed E-state index contributed by atoms with van der Waals surface area (Å²) < 4.78 is 0. The Morgan fingerprint density at radius 2 is 1.02 bits per heavy atom. The molecule has 4 aromatic carbocycles. The van der Waals surface area contributed by atoms with Crippen molar-refractivity contribution in [2.75, 3.05) is 13.1 Å². The Labute approximate surface area is 359 Å². The maximum absolute atomic E-state index is 14.2. The van der Waals surface area contributed by atoms with Crippen LogP contribution in [0.1, 0.15) is 76.0 Å². The molecular weight excluding hydrogens is 767 g/mol. The zero-order chi connectivity index (χ0) is 44.5. The highest BCUT2D eigenvalue weighted by Crippen LogP contribution is 2.27. The van der Waals surface area contributed by atoms with Crippen molar-refractivity contribution in [3.05, 3.63) is 120 Å². The van der Waals surface area contributed by atoms with E-state index in [0.29, 0.717) is 12.8 Å². The summed E-state index contributed by atoms with van der Waals surface area (Å²) >= 11 is 0. The largest absolute Gasteiger partial charge is 0.370 e. The van der Waals surface area contributed by atoms with E-state index < -0.39 is 35.7 Å². The molecule has 0 unspecified atom stereocenters. The molecule has 0 spiro atoms. The number of carbonyl (C=O) groups is 4. The third kappa shape index (κ3) is 15.6. The summed E-state index contributed by atoms with van der Waals surface area (Å²) in [6, 6.07) is 32.1. The van der Waals surface area contributed by atoms with Crippen LogP contribution < -0.4 is 39.7 Å². The number of nitrogens with one attached hydrogen (secondary N) is 1. The number of hydrogen-bond donors (Lipinski definition) is 7. The van der Waals surface area contributed by atoms with Gasteiger partial charge in [0.15, 0.2) is 23.5 Å². The standard InChI is InChI=1S/C48H63N9O4/c1-48(2,3)39-23-21-36(22-24-39)35-19-15-32(16-20-35)28-41(43(59)29-37(44(50)60)11-7-25-55-46(51)52)57-45(61)38(12-8-26-56-47(53)54)30-42(58)40(49)27-31-13-17-34(18-14-31)33-9-5-4-6-10-33/h4-6,9-10,13-24,37-38,40-41H,7-8,11-12,25-30,49H2,1-3H3,(H2,50,60)(H,57,61)(H4,51,52,55)(H4,53,54,56)/t37-,38-,40+,41+/m1/s1. The molecular formula is C48H63N9O4. The summed E-state index contributed by atoms with van der Waals surface area (Å²) in [5.74, 6) is -3.61. The number of hydrogen-bond acceptors (Lipinski definition) is 7. The monoisotopic (exact) mass is 830 g/mol. The van der Waals surface area contributed by atoms with Gasteiger partial charge in [-0.3, -0.25) is 29.2 Å². The van der Waals surface area contributed by atoms with Gasteiger partial charge >= 0.3 is 0 Å². The number of guanidine groups is 2. The van der Waals surface area contributed by atoms with E-state index in [2.05, 4.69) is 60.3 Å². The van der Waals surface area contributed by atoms with Crippen molar-refractivity contribution >= 4 is 35.3 Å². The number of aliphatic imine (C=N–C) groups is 2. The van der Waals surface area contributed by atoms with Crippen molar-refractivity contribution in [2.45, 2.75) is 89.6 Å². The predicted molar refractivity (Wildman–Crippen MR) is 245 cm³/mol. The summed E-state index contributed by atoms with van der Waals surface area (Å²) in [7, 11) is 0. The van der Waals surface area contributed by atoms with Gasteiger partial charge in [0.1, 0.15) is 0 Å². The Hall–Kier alpha value is -6.34. The van der Waals surface area contributed by atoms with Gasteiger partial charge in [-0.15, -0.1) is 0 Å². The molecule has 0 aliphatic carbocycles. The Bertz CT molecular complexity index is 2100. The van der Waals surface area contributed by atoms with Crippen LogP contribution in [0.2, 0.25) is 0 Å². The van der Waals surface area contributed by atoms with Crippen LogP contribution in [0.3, 0.4) is 0 Å². The third-order valence-electron chi connectivity index (χ3n) is 10.8. The summed E-state index contributed by atoms with van der Waals surface area (Å²) in [6.07, 6.45) is 1.41. The number of amides is 2. The van der Waals surface area contributed by atoms with Crippen LogP contribution in [-0.4, -0.2) is 60.5 Å². The molecule has 4 atom stereocenters. The number of rotatable bonds is 23. The summed E-state index contributed by atoms with van der Waals surface area (Å²) in [4.78, 5) is 62.6. The summed E-state index contributed by atoms with van der Waals surface area (Å²) in [6.45, 7) is 7.01. The number of carbonyl (C=O) groups excluding carboxylic acids is 4. The molecule has 4 aromatic rings. The number of primary amides is 1. The highest BCUT2D eigenvalue weighted by molar-refractivity contribution is 5.94. The van der Waals surface area contributed by atoms with Crippen LogP contribution in [0.25, 0.3) is 22.3 Å².